The summed E-state index contributed by atoms with van der Waals surface area (Å²) in [6, 6.07) is 56.3. The first kappa shape index (κ1) is 25.9. The molecule has 0 aliphatic heterocycles. The molecule has 0 spiro atoms. The fraction of sp³-hybridized carbons (Fsp3) is 0. The quantitative estimate of drug-likeness (QED) is 0.197. The molecule has 0 aliphatic carbocycles. The van der Waals surface area contributed by atoms with Gasteiger partial charge in [-0.25, -0.2) is 4.98 Å². The van der Waals surface area contributed by atoms with E-state index in [9.17, 15) is 0 Å². The Labute approximate surface area is 271 Å². The van der Waals surface area contributed by atoms with E-state index in [4.69, 9.17) is 4.98 Å². The van der Waals surface area contributed by atoms with Gasteiger partial charge in [0.05, 0.1) is 27.6 Å². The van der Waals surface area contributed by atoms with E-state index in [-0.39, 0.29) is 0 Å². The Balaban J connectivity index is 1.34. The van der Waals surface area contributed by atoms with Crippen LogP contribution < -0.4 is 0 Å². The van der Waals surface area contributed by atoms with Crippen molar-refractivity contribution in [2.45, 2.75) is 0 Å². The predicted octanol–water partition coefficient (Wildman–Crippen LogP) is 10.9. The van der Waals surface area contributed by atoms with E-state index < -0.39 is 0 Å². The van der Waals surface area contributed by atoms with E-state index in [0.29, 0.717) is 0 Å². The number of benzene rings is 6. The predicted molar refractivity (Wildman–Crippen MR) is 195 cm³/mol. The third-order valence-corrected chi connectivity index (χ3v) is 9.51. The van der Waals surface area contributed by atoms with Crippen LogP contribution >= 0.6 is 0 Å². The second-order valence-electron chi connectivity index (χ2n) is 12.1. The van der Waals surface area contributed by atoms with Gasteiger partial charge in [-0.15, -0.1) is 0 Å². The number of hydrogen-bond donors (Lipinski definition) is 0. The zero-order chi connectivity index (χ0) is 30.9. The lowest BCUT2D eigenvalue weighted by molar-refractivity contribution is 1.08. The van der Waals surface area contributed by atoms with Gasteiger partial charge in [0.1, 0.15) is 5.82 Å². The summed E-state index contributed by atoms with van der Waals surface area (Å²) in [5, 5.41) is 6.09. The maximum Gasteiger partial charge on any atom is 0.137 e. The molecule has 10 aromatic rings. The molecule has 0 radical (unpaired) electrons. The Morgan fingerprint density at radius 2 is 1.15 bits per heavy atom. The van der Waals surface area contributed by atoms with E-state index in [1.807, 2.05) is 12.3 Å². The summed E-state index contributed by atoms with van der Waals surface area (Å²) in [4.78, 5) is 5.09. The van der Waals surface area contributed by atoms with Crippen LogP contribution in [0.2, 0.25) is 0 Å². The molecule has 0 bridgehead atoms. The molecule has 0 N–H and O–H groups in total. The van der Waals surface area contributed by atoms with Crippen LogP contribution in [0.25, 0.3) is 82.8 Å². The molecule has 4 heteroatoms. The third-order valence-electron chi connectivity index (χ3n) is 9.51. The largest absolute Gasteiger partial charge is 0.316 e. The molecule has 4 aromatic heterocycles. The van der Waals surface area contributed by atoms with Crippen molar-refractivity contribution in [1.29, 1.82) is 0 Å². The molecule has 0 unspecified atom stereocenters. The van der Waals surface area contributed by atoms with E-state index >= 15 is 0 Å². The van der Waals surface area contributed by atoms with Crippen molar-refractivity contribution in [1.82, 2.24) is 18.7 Å². The highest BCUT2D eigenvalue weighted by Crippen LogP contribution is 2.43. The van der Waals surface area contributed by atoms with E-state index in [0.717, 1.165) is 33.8 Å². The summed E-state index contributed by atoms with van der Waals surface area (Å²) < 4.78 is 7.06. The molecule has 220 valence electrons. The van der Waals surface area contributed by atoms with Crippen LogP contribution in [-0.4, -0.2) is 18.7 Å². The lowest BCUT2D eigenvalue weighted by Crippen LogP contribution is -1.98. The van der Waals surface area contributed by atoms with Gasteiger partial charge in [0.25, 0.3) is 0 Å². The summed E-state index contributed by atoms with van der Waals surface area (Å²) in [5.74, 6) is 0.903. The second kappa shape index (κ2) is 10.1. The SMILES string of the molecule is c1ccc(-c2ccc(-n3c4ccccc4c4ccc5c(c6cc7ccn(-c8ccccc8)c7cc6n5-c5ccccc5)c43)nc2)cc1. The molecule has 0 fully saturated rings. The van der Waals surface area contributed by atoms with Crippen molar-refractivity contribution in [2.24, 2.45) is 0 Å². The summed E-state index contributed by atoms with van der Waals surface area (Å²) in [7, 11) is 0. The Morgan fingerprint density at radius 1 is 0.426 bits per heavy atom. The molecule has 0 amide bonds. The molecule has 0 saturated carbocycles. The van der Waals surface area contributed by atoms with E-state index in [1.165, 1.54) is 49.0 Å². The van der Waals surface area contributed by atoms with Crippen molar-refractivity contribution in [2.75, 3.05) is 0 Å². The molecule has 47 heavy (non-hydrogen) atoms. The van der Waals surface area contributed by atoms with Gasteiger partial charge in [-0.05, 0) is 72.3 Å². The molecule has 0 saturated heterocycles. The topological polar surface area (TPSA) is 27.7 Å². The third kappa shape index (κ3) is 3.85. The van der Waals surface area contributed by atoms with Crippen molar-refractivity contribution in [3.8, 4) is 28.3 Å². The van der Waals surface area contributed by atoms with Crippen molar-refractivity contribution in [3.05, 3.63) is 170 Å². The lowest BCUT2D eigenvalue weighted by Gasteiger charge is -2.10. The fourth-order valence-electron chi connectivity index (χ4n) is 7.41. The highest BCUT2D eigenvalue weighted by Gasteiger charge is 2.22. The Hall–Kier alpha value is -6.39. The van der Waals surface area contributed by atoms with Crippen LogP contribution in [0.1, 0.15) is 0 Å². The first-order valence-electron chi connectivity index (χ1n) is 16.0. The standard InChI is InChI=1S/C43H28N4/c1-4-12-29(13-5-1)31-20-23-41(44-28-31)47-37-19-11-10-18-34(37)35-21-22-38-42(43(35)47)36-26-30-24-25-45(32-14-6-2-7-15-32)39(30)27-40(36)46(38)33-16-8-3-9-17-33/h1-28H. The van der Waals surface area contributed by atoms with Crippen molar-refractivity contribution >= 4 is 54.5 Å². The van der Waals surface area contributed by atoms with Crippen LogP contribution in [-0.2, 0) is 0 Å². The van der Waals surface area contributed by atoms with E-state index in [2.05, 4.69) is 172 Å². The van der Waals surface area contributed by atoms with Gasteiger partial charge in [0, 0.05) is 56.3 Å². The number of fused-ring (bicyclic) bond motifs is 8. The monoisotopic (exact) mass is 600 g/mol. The minimum absolute atomic E-state index is 0.903. The van der Waals surface area contributed by atoms with Gasteiger partial charge in [0.2, 0.25) is 0 Å². The molecule has 0 aliphatic rings. The summed E-state index contributed by atoms with van der Waals surface area (Å²) in [6.07, 6.45) is 4.17. The zero-order valence-electron chi connectivity index (χ0n) is 25.5. The molecule has 10 rings (SSSR count). The summed E-state index contributed by atoms with van der Waals surface area (Å²) in [6.45, 7) is 0. The molecule has 6 aromatic carbocycles. The van der Waals surface area contributed by atoms with Gasteiger partial charge in [-0.2, -0.15) is 0 Å². The first-order valence-corrected chi connectivity index (χ1v) is 16.0. The average molecular weight is 601 g/mol. The Morgan fingerprint density at radius 3 is 1.91 bits per heavy atom. The van der Waals surface area contributed by atoms with Crippen LogP contribution in [0.15, 0.2) is 170 Å². The maximum absolute atomic E-state index is 5.09. The van der Waals surface area contributed by atoms with Crippen LogP contribution in [0.4, 0.5) is 0 Å². The highest BCUT2D eigenvalue weighted by molar-refractivity contribution is 6.27. The van der Waals surface area contributed by atoms with Crippen LogP contribution in [0, 0.1) is 0 Å². The van der Waals surface area contributed by atoms with Gasteiger partial charge in [-0.3, -0.25) is 4.57 Å². The van der Waals surface area contributed by atoms with Crippen LogP contribution in [0.5, 0.6) is 0 Å². The number of para-hydroxylation sites is 3. The number of nitrogens with zero attached hydrogens (tertiary/aromatic N) is 4. The minimum atomic E-state index is 0.903. The normalized spacial score (nSPS) is 11.8. The fourth-order valence-corrected chi connectivity index (χ4v) is 7.41. The molecular formula is C43H28N4. The first-order chi connectivity index (χ1) is 23.3. The molecule has 4 nitrogen and oxygen atoms in total. The van der Waals surface area contributed by atoms with Gasteiger partial charge >= 0.3 is 0 Å². The Bertz CT molecular complexity index is 2750. The van der Waals surface area contributed by atoms with Gasteiger partial charge < -0.3 is 9.13 Å². The smallest absolute Gasteiger partial charge is 0.137 e. The van der Waals surface area contributed by atoms with Gasteiger partial charge in [-0.1, -0.05) is 91.0 Å². The minimum Gasteiger partial charge on any atom is -0.316 e. The number of pyridine rings is 1. The Kier molecular flexibility index (Phi) is 5.54. The zero-order valence-corrected chi connectivity index (χ0v) is 25.5. The number of hydrogen-bond acceptors (Lipinski definition) is 1. The van der Waals surface area contributed by atoms with E-state index in [1.54, 1.807) is 0 Å². The van der Waals surface area contributed by atoms with Gasteiger partial charge in [0.15, 0.2) is 0 Å². The molecule has 4 heterocycles. The van der Waals surface area contributed by atoms with Crippen molar-refractivity contribution < 1.29 is 0 Å². The molecule has 0 atom stereocenters. The number of rotatable bonds is 4. The summed E-state index contributed by atoms with van der Waals surface area (Å²) in [5.41, 5.74) is 10.4. The summed E-state index contributed by atoms with van der Waals surface area (Å²) >= 11 is 0. The average Bonchev–Trinajstić information content (AvgIpc) is 3.81. The van der Waals surface area contributed by atoms with Crippen LogP contribution in [0.3, 0.4) is 0 Å². The number of aromatic nitrogens is 4. The maximum atomic E-state index is 5.09. The van der Waals surface area contributed by atoms with Crippen molar-refractivity contribution in [3.63, 3.8) is 0 Å². The molecular weight excluding hydrogens is 573 g/mol. The second-order valence-corrected chi connectivity index (χ2v) is 12.1. The highest BCUT2D eigenvalue weighted by atomic mass is 15.1. The lowest BCUT2D eigenvalue weighted by atomic mass is 10.1.